The molecule has 0 aliphatic heterocycles. The highest BCUT2D eigenvalue weighted by Gasteiger charge is 2.23. The van der Waals surface area contributed by atoms with Gasteiger partial charge in [0.15, 0.2) is 0 Å². The Labute approximate surface area is 202 Å². The minimum Gasteiger partial charge on any atom is -0.478 e. The summed E-state index contributed by atoms with van der Waals surface area (Å²) in [5, 5.41) is 16.1. The Morgan fingerprint density at radius 1 is 1.14 bits per heavy atom. The van der Waals surface area contributed by atoms with E-state index < -0.39 is 53.8 Å². The fourth-order valence-electron chi connectivity index (χ4n) is 3.16. The number of allylic oxidation sites excluding steroid dienone is 1. The maximum atomic E-state index is 12.8. The largest absolute Gasteiger partial charge is 0.478 e. The van der Waals surface area contributed by atoms with Gasteiger partial charge < -0.3 is 30.4 Å². The van der Waals surface area contributed by atoms with Gasteiger partial charge in [-0.25, -0.2) is 9.59 Å². The molecule has 0 bridgehead atoms. The Hall–Kier alpha value is -3.96. The number of hydrogen-bond donors (Lipinski definition) is 4. The summed E-state index contributed by atoms with van der Waals surface area (Å²) >= 11 is 0. The molecule has 1 aromatic heterocycles. The normalized spacial score (nSPS) is 12.6. The summed E-state index contributed by atoms with van der Waals surface area (Å²) in [6, 6.07) is 0.928. The molecule has 35 heavy (non-hydrogen) atoms. The zero-order valence-electron chi connectivity index (χ0n) is 20.2. The highest BCUT2D eigenvalue weighted by molar-refractivity contribution is 5.96. The van der Waals surface area contributed by atoms with Crippen LogP contribution in [0.1, 0.15) is 40.0 Å². The van der Waals surface area contributed by atoms with E-state index >= 15 is 0 Å². The van der Waals surface area contributed by atoms with Gasteiger partial charge in [-0.1, -0.05) is 19.9 Å². The second-order valence-corrected chi connectivity index (χ2v) is 8.19. The minimum absolute atomic E-state index is 0.101. The number of ether oxygens (including phenoxy) is 1. The molecule has 0 saturated carbocycles. The highest BCUT2D eigenvalue weighted by Crippen LogP contribution is 2.07. The molecular formula is C23H32N4O8. The standard InChI is InChI=1S/C23H32N4O8/c1-14(2)12-18(23(34)35-4)25-19(29)13-27-11-7-9-17(22(27)33)26-21(32)16(24-15(3)28)8-5-6-10-20(30)31/h6-7,9-11,14,16,18H,5,8,12-13H2,1-4H3,(H,24,28)(H,25,29)(H,26,32)(H,30,31)/b10-6+/t16?,18-/m1/s1. The van der Waals surface area contributed by atoms with Crippen molar-refractivity contribution in [2.45, 2.75) is 58.7 Å². The van der Waals surface area contributed by atoms with E-state index in [4.69, 9.17) is 9.84 Å². The molecule has 0 saturated heterocycles. The number of aliphatic carboxylic acids is 1. The molecule has 0 aliphatic rings. The molecule has 12 heteroatoms. The molecule has 0 aromatic carbocycles. The van der Waals surface area contributed by atoms with Crippen LogP contribution in [0.3, 0.4) is 0 Å². The molecule has 2 atom stereocenters. The second kappa shape index (κ2) is 14.3. The number of aromatic nitrogens is 1. The topological polar surface area (TPSA) is 173 Å². The first-order valence-electron chi connectivity index (χ1n) is 11.0. The second-order valence-electron chi connectivity index (χ2n) is 8.19. The molecule has 0 fully saturated rings. The van der Waals surface area contributed by atoms with E-state index in [1.54, 1.807) is 0 Å². The number of carbonyl (C=O) groups excluding carboxylic acids is 4. The molecule has 1 unspecified atom stereocenters. The van der Waals surface area contributed by atoms with Crippen LogP contribution in [0.2, 0.25) is 0 Å². The lowest BCUT2D eigenvalue weighted by atomic mass is 10.0. The number of nitrogens with one attached hydrogen (secondary N) is 3. The van der Waals surface area contributed by atoms with Gasteiger partial charge in [-0.2, -0.15) is 0 Å². The summed E-state index contributed by atoms with van der Waals surface area (Å²) in [5.41, 5.74) is -0.782. The van der Waals surface area contributed by atoms with Crippen LogP contribution in [0.25, 0.3) is 0 Å². The Balaban J connectivity index is 2.94. The van der Waals surface area contributed by atoms with Crippen molar-refractivity contribution in [1.82, 2.24) is 15.2 Å². The minimum atomic E-state index is -1.14. The molecule has 192 valence electrons. The first-order valence-corrected chi connectivity index (χ1v) is 11.0. The van der Waals surface area contributed by atoms with Crippen LogP contribution in [-0.4, -0.2) is 58.5 Å². The number of methoxy groups -OCH3 is 1. The van der Waals surface area contributed by atoms with Crippen LogP contribution in [0, 0.1) is 5.92 Å². The van der Waals surface area contributed by atoms with Crippen molar-refractivity contribution < 1.29 is 33.8 Å². The Morgan fingerprint density at radius 2 is 1.83 bits per heavy atom. The van der Waals surface area contributed by atoms with Crippen molar-refractivity contribution in [1.29, 1.82) is 0 Å². The van der Waals surface area contributed by atoms with Crippen LogP contribution in [0.5, 0.6) is 0 Å². The van der Waals surface area contributed by atoms with E-state index in [2.05, 4.69) is 16.0 Å². The zero-order valence-corrected chi connectivity index (χ0v) is 20.2. The van der Waals surface area contributed by atoms with Gasteiger partial charge in [0.05, 0.1) is 7.11 Å². The van der Waals surface area contributed by atoms with Gasteiger partial charge in [-0.3, -0.25) is 19.2 Å². The van der Waals surface area contributed by atoms with Crippen molar-refractivity contribution in [2.75, 3.05) is 12.4 Å². The molecule has 12 nitrogen and oxygen atoms in total. The van der Waals surface area contributed by atoms with E-state index in [1.807, 2.05) is 13.8 Å². The Morgan fingerprint density at radius 3 is 2.40 bits per heavy atom. The maximum Gasteiger partial charge on any atom is 0.328 e. The quantitative estimate of drug-likeness (QED) is 0.226. The lowest BCUT2D eigenvalue weighted by Gasteiger charge is -2.19. The molecular weight excluding hydrogens is 460 g/mol. The third kappa shape index (κ3) is 10.7. The SMILES string of the molecule is COC(=O)[C@@H](CC(C)C)NC(=O)Cn1cccc(NC(=O)C(CC/C=C/C(=O)O)NC(C)=O)c1=O. The zero-order chi connectivity index (χ0) is 26.5. The summed E-state index contributed by atoms with van der Waals surface area (Å²) in [6.07, 6.45) is 4.28. The predicted octanol–water partition coefficient (Wildman–Crippen LogP) is 0.416. The number of carboxylic acids is 1. The molecule has 3 amide bonds. The van der Waals surface area contributed by atoms with Crippen molar-refractivity contribution in [2.24, 2.45) is 5.92 Å². The van der Waals surface area contributed by atoms with E-state index in [1.165, 1.54) is 38.4 Å². The predicted molar refractivity (Wildman–Crippen MR) is 126 cm³/mol. The van der Waals surface area contributed by atoms with Gasteiger partial charge >= 0.3 is 11.9 Å². The number of carbonyl (C=O) groups is 5. The average Bonchev–Trinajstić information content (AvgIpc) is 2.76. The number of esters is 1. The first-order chi connectivity index (χ1) is 16.4. The molecule has 0 radical (unpaired) electrons. The number of amides is 3. The summed E-state index contributed by atoms with van der Waals surface area (Å²) in [4.78, 5) is 71.9. The van der Waals surface area contributed by atoms with E-state index in [9.17, 15) is 28.8 Å². The van der Waals surface area contributed by atoms with Crippen LogP contribution in [-0.2, 0) is 35.3 Å². The molecule has 1 heterocycles. The van der Waals surface area contributed by atoms with Gasteiger partial charge in [0.2, 0.25) is 17.7 Å². The smallest absolute Gasteiger partial charge is 0.328 e. The number of rotatable bonds is 13. The van der Waals surface area contributed by atoms with Crippen LogP contribution >= 0.6 is 0 Å². The number of pyridine rings is 1. The molecule has 1 rings (SSSR count). The fourth-order valence-corrected chi connectivity index (χ4v) is 3.16. The third-order valence-electron chi connectivity index (χ3n) is 4.70. The van der Waals surface area contributed by atoms with Gasteiger partial charge in [-0.15, -0.1) is 0 Å². The van der Waals surface area contributed by atoms with Crippen LogP contribution < -0.4 is 21.5 Å². The fraction of sp³-hybridized carbons (Fsp3) is 0.478. The number of hydrogen-bond acceptors (Lipinski definition) is 7. The third-order valence-corrected chi connectivity index (χ3v) is 4.70. The first kappa shape index (κ1) is 29.1. The number of carboxylic acid groups (broad SMARTS) is 1. The summed E-state index contributed by atoms with van der Waals surface area (Å²) in [5.74, 6) is -3.36. The lowest BCUT2D eigenvalue weighted by molar-refractivity contribution is -0.145. The molecule has 4 N–H and O–H groups in total. The Kier molecular flexibility index (Phi) is 11.9. The molecule has 0 spiro atoms. The Bertz CT molecular complexity index is 1020. The number of anilines is 1. The average molecular weight is 493 g/mol. The summed E-state index contributed by atoms with van der Waals surface area (Å²) < 4.78 is 5.78. The maximum absolute atomic E-state index is 12.8. The van der Waals surface area contributed by atoms with Gasteiger partial charge in [0.25, 0.3) is 5.56 Å². The highest BCUT2D eigenvalue weighted by atomic mass is 16.5. The monoisotopic (exact) mass is 492 g/mol. The lowest BCUT2D eigenvalue weighted by Crippen LogP contribution is -2.45. The van der Waals surface area contributed by atoms with Gasteiger partial charge in [0, 0.05) is 19.2 Å². The molecule has 1 aromatic rings. The van der Waals surface area contributed by atoms with E-state index in [0.29, 0.717) is 6.42 Å². The van der Waals surface area contributed by atoms with E-state index in [-0.39, 0.29) is 24.4 Å². The van der Waals surface area contributed by atoms with E-state index in [0.717, 1.165) is 10.6 Å². The van der Waals surface area contributed by atoms with Crippen LogP contribution in [0.4, 0.5) is 5.69 Å². The van der Waals surface area contributed by atoms with Crippen molar-refractivity contribution in [3.63, 3.8) is 0 Å². The summed E-state index contributed by atoms with van der Waals surface area (Å²) in [6.45, 7) is 4.59. The van der Waals surface area contributed by atoms with Crippen molar-refractivity contribution in [3.05, 3.63) is 40.8 Å². The summed E-state index contributed by atoms with van der Waals surface area (Å²) in [7, 11) is 1.22. The van der Waals surface area contributed by atoms with Crippen LogP contribution in [0.15, 0.2) is 35.3 Å². The number of nitrogens with zero attached hydrogens (tertiary/aromatic N) is 1. The van der Waals surface area contributed by atoms with Crippen molar-refractivity contribution in [3.8, 4) is 0 Å². The molecule has 0 aliphatic carbocycles. The van der Waals surface area contributed by atoms with Crippen molar-refractivity contribution >= 4 is 35.3 Å². The van der Waals surface area contributed by atoms with Gasteiger partial charge in [-0.05, 0) is 37.3 Å². The van der Waals surface area contributed by atoms with Gasteiger partial charge in [0.1, 0.15) is 24.3 Å².